The van der Waals surface area contributed by atoms with E-state index in [4.69, 9.17) is 5.26 Å². The first kappa shape index (κ1) is 10.5. The summed E-state index contributed by atoms with van der Waals surface area (Å²) in [6, 6.07) is 5.41. The van der Waals surface area contributed by atoms with E-state index in [9.17, 15) is 17.6 Å². The predicted octanol–water partition coefficient (Wildman–Crippen LogP) is 3.00. The van der Waals surface area contributed by atoms with Gasteiger partial charge in [-0.3, -0.25) is 0 Å². The van der Waals surface area contributed by atoms with E-state index in [0.717, 1.165) is 18.2 Å². The standard InChI is InChI=1S/C9H5F4N/c10-8-4-2-1-3-6(8)7(5-14)9(11,12)13/h1-4,7H. The predicted molar refractivity (Wildman–Crippen MR) is 40.8 cm³/mol. The Morgan fingerprint density at radius 3 is 2.21 bits per heavy atom. The Bertz CT molecular complexity index is 364. The summed E-state index contributed by atoms with van der Waals surface area (Å²) in [6.07, 6.45) is -4.74. The van der Waals surface area contributed by atoms with Crippen LogP contribution in [0.2, 0.25) is 0 Å². The van der Waals surface area contributed by atoms with Crippen molar-refractivity contribution in [2.24, 2.45) is 0 Å². The molecule has 14 heavy (non-hydrogen) atoms. The summed E-state index contributed by atoms with van der Waals surface area (Å²) >= 11 is 0. The van der Waals surface area contributed by atoms with E-state index in [0.29, 0.717) is 0 Å². The van der Waals surface area contributed by atoms with Gasteiger partial charge in [0.1, 0.15) is 5.82 Å². The van der Waals surface area contributed by atoms with Crippen molar-refractivity contribution in [2.75, 3.05) is 0 Å². The largest absolute Gasteiger partial charge is 0.408 e. The van der Waals surface area contributed by atoms with Crippen LogP contribution < -0.4 is 0 Å². The maximum absolute atomic E-state index is 12.9. The highest BCUT2D eigenvalue weighted by Gasteiger charge is 2.42. The molecule has 0 saturated heterocycles. The van der Waals surface area contributed by atoms with Gasteiger partial charge in [-0.05, 0) is 6.07 Å². The van der Waals surface area contributed by atoms with Crippen molar-refractivity contribution >= 4 is 0 Å². The smallest absolute Gasteiger partial charge is 0.207 e. The first-order chi connectivity index (χ1) is 6.46. The normalized spacial score (nSPS) is 13.4. The topological polar surface area (TPSA) is 23.8 Å². The zero-order chi connectivity index (χ0) is 10.8. The first-order valence-corrected chi connectivity index (χ1v) is 3.67. The Labute approximate surface area is 77.6 Å². The van der Waals surface area contributed by atoms with Gasteiger partial charge in [0.2, 0.25) is 0 Å². The van der Waals surface area contributed by atoms with Gasteiger partial charge in [-0.15, -0.1) is 0 Å². The average molecular weight is 203 g/mol. The molecule has 1 aromatic carbocycles. The van der Waals surface area contributed by atoms with E-state index in [1.165, 1.54) is 12.1 Å². The van der Waals surface area contributed by atoms with Crippen LogP contribution in [-0.4, -0.2) is 6.18 Å². The van der Waals surface area contributed by atoms with Crippen LogP contribution in [0.1, 0.15) is 11.5 Å². The fraction of sp³-hybridized carbons (Fsp3) is 0.222. The Hall–Kier alpha value is -1.57. The first-order valence-electron chi connectivity index (χ1n) is 3.67. The molecule has 0 radical (unpaired) electrons. The molecule has 0 bridgehead atoms. The minimum Gasteiger partial charge on any atom is -0.207 e. The van der Waals surface area contributed by atoms with Crippen LogP contribution in [0, 0.1) is 17.1 Å². The van der Waals surface area contributed by atoms with Crippen LogP contribution in [0.25, 0.3) is 0 Å². The zero-order valence-electron chi connectivity index (χ0n) is 6.85. The van der Waals surface area contributed by atoms with Crippen LogP contribution >= 0.6 is 0 Å². The molecule has 1 aromatic rings. The van der Waals surface area contributed by atoms with Gasteiger partial charge in [0.15, 0.2) is 5.92 Å². The summed E-state index contributed by atoms with van der Waals surface area (Å²) in [6.45, 7) is 0. The van der Waals surface area contributed by atoms with Crippen LogP contribution in [0.4, 0.5) is 17.6 Å². The summed E-state index contributed by atoms with van der Waals surface area (Å²) in [5.74, 6) is -3.42. The lowest BCUT2D eigenvalue weighted by Crippen LogP contribution is -2.20. The second kappa shape index (κ2) is 3.66. The van der Waals surface area contributed by atoms with E-state index >= 15 is 0 Å². The number of hydrogen-bond acceptors (Lipinski definition) is 1. The summed E-state index contributed by atoms with van der Waals surface area (Å²) in [7, 11) is 0. The van der Waals surface area contributed by atoms with Gasteiger partial charge in [-0.1, -0.05) is 18.2 Å². The van der Waals surface area contributed by atoms with Crippen LogP contribution in [0.15, 0.2) is 24.3 Å². The molecule has 74 valence electrons. The minimum atomic E-state index is -4.74. The third-order valence-electron chi connectivity index (χ3n) is 1.67. The minimum absolute atomic E-state index is 0.637. The number of nitrogens with zero attached hydrogens (tertiary/aromatic N) is 1. The van der Waals surface area contributed by atoms with Gasteiger partial charge >= 0.3 is 6.18 Å². The van der Waals surface area contributed by atoms with E-state index in [2.05, 4.69) is 0 Å². The molecule has 0 amide bonds. The molecule has 0 aromatic heterocycles. The SMILES string of the molecule is N#CC(c1ccccc1F)C(F)(F)F. The summed E-state index contributed by atoms with van der Waals surface area (Å²) in [5, 5.41) is 8.30. The lowest BCUT2D eigenvalue weighted by molar-refractivity contribution is -0.138. The van der Waals surface area contributed by atoms with Gasteiger partial charge in [-0.2, -0.15) is 18.4 Å². The highest BCUT2D eigenvalue weighted by molar-refractivity contribution is 5.28. The number of halogens is 4. The second-order valence-corrected chi connectivity index (χ2v) is 2.63. The molecular formula is C9H5F4N. The molecule has 1 atom stereocenters. The van der Waals surface area contributed by atoms with Crippen LogP contribution in [-0.2, 0) is 0 Å². The van der Waals surface area contributed by atoms with Crippen molar-refractivity contribution in [1.82, 2.24) is 0 Å². The van der Waals surface area contributed by atoms with Crippen molar-refractivity contribution in [3.63, 3.8) is 0 Å². The van der Waals surface area contributed by atoms with E-state index in [1.54, 1.807) is 0 Å². The molecule has 1 nitrogen and oxygen atoms in total. The average Bonchev–Trinajstić information content (AvgIpc) is 2.07. The Kier molecular flexibility index (Phi) is 2.75. The molecular weight excluding hydrogens is 198 g/mol. The number of nitriles is 1. The van der Waals surface area contributed by atoms with Gasteiger partial charge < -0.3 is 0 Å². The van der Waals surface area contributed by atoms with E-state index < -0.39 is 23.5 Å². The highest BCUT2D eigenvalue weighted by atomic mass is 19.4. The third kappa shape index (κ3) is 2.02. The number of alkyl halides is 3. The molecule has 0 N–H and O–H groups in total. The molecule has 0 spiro atoms. The molecule has 0 aliphatic carbocycles. The van der Waals surface area contributed by atoms with E-state index in [-0.39, 0.29) is 0 Å². The summed E-state index contributed by atoms with van der Waals surface area (Å²) in [4.78, 5) is 0. The molecule has 1 rings (SSSR count). The van der Waals surface area contributed by atoms with Crippen molar-refractivity contribution < 1.29 is 17.6 Å². The number of hydrogen-bond donors (Lipinski definition) is 0. The van der Waals surface area contributed by atoms with Crippen LogP contribution in [0.3, 0.4) is 0 Å². The molecule has 0 aliphatic heterocycles. The Morgan fingerprint density at radius 2 is 1.79 bits per heavy atom. The zero-order valence-corrected chi connectivity index (χ0v) is 6.85. The van der Waals surface area contributed by atoms with Crippen molar-refractivity contribution in [2.45, 2.75) is 12.1 Å². The van der Waals surface area contributed by atoms with Crippen molar-refractivity contribution in [1.29, 1.82) is 5.26 Å². The highest BCUT2D eigenvalue weighted by Crippen LogP contribution is 2.35. The Balaban J connectivity index is 3.16. The quantitative estimate of drug-likeness (QED) is 0.643. The third-order valence-corrected chi connectivity index (χ3v) is 1.67. The maximum Gasteiger partial charge on any atom is 0.408 e. The van der Waals surface area contributed by atoms with Crippen molar-refractivity contribution in [3.05, 3.63) is 35.6 Å². The summed E-state index contributed by atoms with van der Waals surface area (Å²) in [5.41, 5.74) is -0.637. The fourth-order valence-electron chi connectivity index (χ4n) is 1.03. The fourth-order valence-corrected chi connectivity index (χ4v) is 1.03. The second-order valence-electron chi connectivity index (χ2n) is 2.63. The monoisotopic (exact) mass is 203 g/mol. The summed E-state index contributed by atoms with van der Waals surface area (Å²) < 4.78 is 49.5. The lowest BCUT2D eigenvalue weighted by atomic mass is 10.00. The molecule has 5 heteroatoms. The Morgan fingerprint density at radius 1 is 1.21 bits per heavy atom. The lowest BCUT2D eigenvalue weighted by Gasteiger charge is -2.13. The molecule has 0 heterocycles. The molecule has 1 unspecified atom stereocenters. The molecule has 0 fully saturated rings. The number of benzene rings is 1. The molecule has 0 saturated carbocycles. The van der Waals surface area contributed by atoms with Gasteiger partial charge in [0, 0.05) is 5.56 Å². The number of rotatable bonds is 1. The van der Waals surface area contributed by atoms with Crippen LogP contribution in [0.5, 0.6) is 0 Å². The van der Waals surface area contributed by atoms with E-state index in [1.807, 2.05) is 0 Å². The maximum atomic E-state index is 12.9. The van der Waals surface area contributed by atoms with Gasteiger partial charge in [0.05, 0.1) is 6.07 Å². The van der Waals surface area contributed by atoms with Gasteiger partial charge in [0.25, 0.3) is 0 Å². The molecule has 0 aliphatic rings. The van der Waals surface area contributed by atoms with Crippen molar-refractivity contribution in [3.8, 4) is 6.07 Å². The van der Waals surface area contributed by atoms with Gasteiger partial charge in [-0.25, -0.2) is 4.39 Å².